The minimum Gasteiger partial charge on any atom is -0.491 e. The van der Waals surface area contributed by atoms with E-state index >= 15 is 0 Å². The van der Waals surface area contributed by atoms with Crippen LogP contribution in [0.4, 0.5) is 13.2 Å². The number of azide groups is 1. The Labute approximate surface area is 192 Å². The normalized spacial score (nSPS) is 12.9. The lowest BCUT2D eigenvalue weighted by molar-refractivity contribution is -0.173. The van der Waals surface area contributed by atoms with Crippen LogP contribution >= 0.6 is 0 Å². The smallest absolute Gasteiger partial charge is 0.471 e. The molecule has 1 aromatic rings. The van der Waals surface area contributed by atoms with E-state index in [0.29, 0.717) is 11.3 Å². The van der Waals surface area contributed by atoms with Gasteiger partial charge in [-0.2, -0.15) is 13.2 Å². The standard InChI is InChI=1S/C19H26F3N5O7/c1-2-32-16(28)12-31-8-9-33-15(26-27-23)11-34-14-5-3-4-13(10-14)17(29)24-6-7-25-18(30)19(20,21)22/h3-5,10,15,17,24,29H,2,6-9,11-12H2,1H3,(H,25,30). The van der Waals surface area contributed by atoms with Crippen LogP contribution in [0.15, 0.2) is 29.4 Å². The number of rotatable bonds is 16. The molecular formula is C19H26F3N5O7. The van der Waals surface area contributed by atoms with Crippen LogP contribution < -0.4 is 15.4 Å². The molecule has 0 heterocycles. The lowest BCUT2D eigenvalue weighted by Crippen LogP contribution is -2.40. The van der Waals surface area contributed by atoms with Crippen LogP contribution in [-0.4, -0.2) is 75.5 Å². The fourth-order valence-electron chi connectivity index (χ4n) is 2.32. The fourth-order valence-corrected chi connectivity index (χ4v) is 2.32. The first-order valence-electron chi connectivity index (χ1n) is 10.1. The molecular weight excluding hydrogens is 467 g/mol. The van der Waals surface area contributed by atoms with Gasteiger partial charge in [0.1, 0.15) is 25.2 Å². The molecule has 1 aromatic carbocycles. The number of hydrogen-bond donors (Lipinski definition) is 3. The molecule has 2 unspecified atom stereocenters. The molecule has 12 nitrogen and oxygen atoms in total. The maximum absolute atomic E-state index is 12.1. The van der Waals surface area contributed by atoms with Gasteiger partial charge in [-0.15, -0.1) is 0 Å². The highest BCUT2D eigenvalue weighted by molar-refractivity contribution is 5.81. The fraction of sp³-hybridized carbons (Fsp3) is 0.579. The highest BCUT2D eigenvalue weighted by Crippen LogP contribution is 2.18. The zero-order chi connectivity index (χ0) is 25.4. The molecule has 0 aliphatic heterocycles. The number of aliphatic hydroxyl groups excluding tert-OH is 1. The van der Waals surface area contributed by atoms with Crippen molar-refractivity contribution in [2.24, 2.45) is 5.11 Å². The van der Waals surface area contributed by atoms with Gasteiger partial charge in [-0.25, -0.2) is 4.79 Å². The predicted molar refractivity (Wildman–Crippen MR) is 110 cm³/mol. The van der Waals surface area contributed by atoms with Gasteiger partial charge >= 0.3 is 18.1 Å². The zero-order valence-electron chi connectivity index (χ0n) is 18.3. The molecule has 0 aliphatic rings. The van der Waals surface area contributed by atoms with E-state index in [9.17, 15) is 27.9 Å². The van der Waals surface area contributed by atoms with E-state index in [2.05, 4.69) is 15.3 Å². The van der Waals surface area contributed by atoms with Crippen molar-refractivity contribution in [2.75, 3.05) is 46.1 Å². The molecule has 0 fully saturated rings. The number of alkyl halides is 3. The Morgan fingerprint density at radius 1 is 1.26 bits per heavy atom. The number of nitrogens with one attached hydrogen (secondary N) is 2. The van der Waals surface area contributed by atoms with E-state index < -0.39 is 30.5 Å². The second-order valence-electron chi connectivity index (χ2n) is 6.38. The maximum atomic E-state index is 12.1. The van der Waals surface area contributed by atoms with Gasteiger partial charge in [0.2, 0.25) is 0 Å². The van der Waals surface area contributed by atoms with Crippen molar-refractivity contribution >= 4 is 11.9 Å². The first kappa shape index (κ1) is 28.9. The maximum Gasteiger partial charge on any atom is 0.471 e. The molecule has 2 atom stereocenters. The summed E-state index contributed by atoms with van der Waals surface area (Å²) in [5, 5.41) is 17.8. The number of carbonyl (C=O) groups is 2. The summed E-state index contributed by atoms with van der Waals surface area (Å²) in [6, 6.07) is 6.13. The van der Waals surface area contributed by atoms with Crippen LogP contribution in [0.2, 0.25) is 0 Å². The number of carbonyl (C=O) groups excluding carboxylic acids is 2. The summed E-state index contributed by atoms with van der Waals surface area (Å²) in [7, 11) is 0. The number of hydrogen-bond acceptors (Lipinski definition) is 9. The second kappa shape index (κ2) is 15.7. The molecule has 0 aliphatic carbocycles. The monoisotopic (exact) mass is 493 g/mol. The molecule has 0 spiro atoms. The topological polar surface area (TPSA) is 164 Å². The van der Waals surface area contributed by atoms with Crippen molar-refractivity contribution in [3.05, 3.63) is 40.3 Å². The summed E-state index contributed by atoms with van der Waals surface area (Å²) in [6.45, 7) is 1.09. The van der Waals surface area contributed by atoms with Crippen molar-refractivity contribution in [1.82, 2.24) is 10.6 Å². The second-order valence-corrected chi connectivity index (χ2v) is 6.38. The Morgan fingerprint density at radius 3 is 2.71 bits per heavy atom. The van der Waals surface area contributed by atoms with Gasteiger partial charge in [0.25, 0.3) is 0 Å². The van der Waals surface area contributed by atoms with Crippen molar-refractivity contribution in [2.45, 2.75) is 25.6 Å². The summed E-state index contributed by atoms with van der Waals surface area (Å²) in [4.78, 5) is 24.6. The lowest BCUT2D eigenvalue weighted by Gasteiger charge is -2.17. The number of ether oxygens (including phenoxy) is 4. The first-order valence-corrected chi connectivity index (χ1v) is 10.1. The Morgan fingerprint density at radius 2 is 2.03 bits per heavy atom. The Bertz CT molecular complexity index is 822. The molecule has 1 amide bonds. The molecule has 34 heavy (non-hydrogen) atoms. The molecule has 0 saturated heterocycles. The van der Waals surface area contributed by atoms with Crippen molar-refractivity contribution in [1.29, 1.82) is 0 Å². The van der Waals surface area contributed by atoms with E-state index in [1.165, 1.54) is 6.07 Å². The van der Waals surface area contributed by atoms with Gasteiger partial charge in [0, 0.05) is 18.0 Å². The largest absolute Gasteiger partial charge is 0.491 e. The Kier molecular flexibility index (Phi) is 13.3. The third kappa shape index (κ3) is 12.2. The van der Waals surface area contributed by atoms with Crippen LogP contribution in [-0.2, 0) is 23.8 Å². The SMILES string of the molecule is CCOC(=O)COCCOC(COc1cccc(C(O)NCCNC(=O)C(F)(F)F)c1)N=[N+]=[N-]. The van der Waals surface area contributed by atoms with Crippen molar-refractivity contribution in [3.8, 4) is 5.75 Å². The molecule has 0 radical (unpaired) electrons. The third-order valence-corrected chi connectivity index (χ3v) is 3.82. The summed E-state index contributed by atoms with van der Waals surface area (Å²) >= 11 is 0. The molecule has 190 valence electrons. The quantitative estimate of drug-likeness (QED) is 0.0780. The predicted octanol–water partition coefficient (Wildman–Crippen LogP) is 1.56. The minimum atomic E-state index is -4.98. The van der Waals surface area contributed by atoms with Crippen LogP contribution in [0, 0.1) is 0 Å². The number of nitrogens with zero attached hydrogens (tertiary/aromatic N) is 3. The Balaban J connectivity index is 2.43. The van der Waals surface area contributed by atoms with E-state index in [1.807, 2.05) is 0 Å². The highest BCUT2D eigenvalue weighted by Gasteiger charge is 2.38. The Hall–Kier alpha value is -3.10. The van der Waals surface area contributed by atoms with E-state index in [4.69, 9.17) is 24.5 Å². The summed E-state index contributed by atoms with van der Waals surface area (Å²) in [6.07, 6.45) is -7.22. The number of benzene rings is 1. The number of aliphatic hydroxyl groups is 1. The molecule has 0 saturated carbocycles. The van der Waals surface area contributed by atoms with Gasteiger partial charge in [0.05, 0.1) is 19.8 Å². The van der Waals surface area contributed by atoms with Crippen molar-refractivity contribution in [3.63, 3.8) is 0 Å². The van der Waals surface area contributed by atoms with Crippen molar-refractivity contribution < 1.29 is 46.8 Å². The first-order chi connectivity index (χ1) is 16.2. The minimum absolute atomic E-state index is 0.0139. The number of esters is 1. The van der Waals surface area contributed by atoms with Gasteiger partial charge in [-0.1, -0.05) is 17.2 Å². The van der Waals surface area contributed by atoms with E-state index in [1.54, 1.807) is 30.4 Å². The molecule has 3 N–H and O–H groups in total. The third-order valence-electron chi connectivity index (χ3n) is 3.82. The van der Waals surface area contributed by atoms with Gasteiger partial charge in [-0.3, -0.25) is 10.1 Å². The number of halogens is 3. The molecule has 15 heteroatoms. The van der Waals surface area contributed by atoms with E-state index in [-0.39, 0.29) is 46.1 Å². The summed E-state index contributed by atoms with van der Waals surface area (Å²) in [5.41, 5.74) is 9.01. The van der Waals surface area contributed by atoms with Crippen LogP contribution in [0.5, 0.6) is 5.75 Å². The summed E-state index contributed by atoms with van der Waals surface area (Å²) in [5.74, 6) is -2.29. The summed E-state index contributed by atoms with van der Waals surface area (Å²) < 4.78 is 57.0. The van der Waals surface area contributed by atoms with Gasteiger partial charge in [0.15, 0.2) is 6.23 Å². The molecule has 1 rings (SSSR count). The zero-order valence-corrected chi connectivity index (χ0v) is 18.3. The van der Waals surface area contributed by atoms with Crippen LogP contribution in [0.3, 0.4) is 0 Å². The van der Waals surface area contributed by atoms with Gasteiger partial charge in [-0.05, 0) is 30.2 Å². The van der Waals surface area contributed by atoms with Crippen LogP contribution in [0.25, 0.3) is 10.4 Å². The highest BCUT2D eigenvalue weighted by atomic mass is 19.4. The van der Waals surface area contributed by atoms with E-state index in [0.717, 1.165) is 0 Å². The molecule has 0 bridgehead atoms. The number of amides is 1. The molecule has 0 aromatic heterocycles. The van der Waals surface area contributed by atoms with Crippen LogP contribution in [0.1, 0.15) is 18.7 Å². The average molecular weight is 493 g/mol. The lowest BCUT2D eigenvalue weighted by atomic mass is 10.2. The van der Waals surface area contributed by atoms with Gasteiger partial charge < -0.3 is 29.4 Å². The average Bonchev–Trinajstić information content (AvgIpc) is 2.79.